The van der Waals surface area contributed by atoms with Crippen molar-refractivity contribution in [3.05, 3.63) is 95.6 Å². The molecule has 3 heterocycles. The number of nitrogens with zero attached hydrogens (tertiary/aromatic N) is 5. The van der Waals surface area contributed by atoms with Gasteiger partial charge in [-0.15, -0.1) is 0 Å². The Morgan fingerprint density at radius 3 is 2.46 bits per heavy atom. The number of benzene rings is 3. The first-order chi connectivity index (χ1) is 18.0. The van der Waals surface area contributed by atoms with Gasteiger partial charge in [0, 0.05) is 11.9 Å². The summed E-state index contributed by atoms with van der Waals surface area (Å²) in [4.78, 5) is 17.2. The van der Waals surface area contributed by atoms with Crippen molar-refractivity contribution in [2.75, 3.05) is 25.5 Å². The summed E-state index contributed by atoms with van der Waals surface area (Å²) in [5.74, 6) is 0. The van der Waals surface area contributed by atoms with E-state index in [2.05, 4.69) is 94.4 Å². The topological polar surface area (TPSA) is 58.3 Å². The summed E-state index contributed by atoms with van der Waals surface area (Å²) in [5, 5.41) is 4.59. The second kappa shape index (κ2) is 9.79. The van der Waals surface area contributed by atoms with Crippen molar-refractivity contribution < 1.29 is 0 Å². The van der Waals surface area contributed by atoms with E-state index < -0.39 is 0 Å². The molecule has 6 rings (SSSR count). The highest BCUT2D eigenvalue weighted by Crippen LogP contribution is 2.31. The zero-order valence-electron chi connectivity index (χ0n) is 21.6. The Morgan fingerprint density at radius 1 is 0.892 bits per heavy atom. The summed E-state index contributed by atoms with van der Waals surface area (Å²) in [6.45, 7) is 6.28. The zero-order chi connectivity index (χ0) is 25.4. The van der Waals surface area contributed by atoms with Crippen molar-refractivity contribution >= 4 is 22.4 Å². The van der Waals surface area contributed by atoms with Gasteiger partial charge in [0.1, 0.15) is 0 Å². The molecule has 37 heavy (non-hydrogen) atoms. The summed E-state index contributed by atoms with van der Waals surface area (Å²) >= 11 is 0. The highest BCUT2D eigenvalue weighted by atomic mass is 15.1. The first-order valence-electron chi connectivity index (χ1n) is 13.0. The van der Waals surface area contributed by atoms with Crippen LogP contribution in [-0.4, -0.2) is 45.6 Å². The number of likely N-dealkylation sites (tertiary alicyclic amines) is 1. The molecule has 6 nitrogen and oxygen atoms in total. The van der Waals surface area contributed by atoms with Crippen LogP contribution in [0.5, 0.6) is 0 Å². The third-order valence-electron chi connectivity index (χ3n) is 7.28. The molecule has 6 heteroatoms. The fourth-order valence-corrected chi connectivity index (χ4v) is 5.10. The first kappa shape index (κ1) is 23.4. The van der Waals surface area contributed by atoms with Gasteiger partial charge < -0.3 is 14.8 Å². The molecule has 1 aromatic heterocycles. The molecule has 1 saturated heterocycles. The molecule has 0 saturated carbocycles. The van der Waals surface area contributed by atoms with E-state index in [1.807, 2.05) is 25.3 Å². The van der Waals surface area contributed by atoms with Gasteiger partial charge in [-0.1, -0.05) is 29.8 Å². The third kappa shape index (κ3) is 4.72. The number of aromatic nitrogens is 3. The van der Waals surface area contributed by atoms with Gasteiger partial charge in [-0.05, 0) is 95.4 Å². The van der Waals surface area contributed by atoms with Gasteiger partial charge in [0.15, 0.2) is 0 Å². The van der Waals surface area contributed by atoms with E-state index in [1.54, 1.807) is 0 Å². The maximum absolute atomic E-state index is 5.31. The fraction of sp³-hybridized carbons (Fsp3) is 0.258. The monoisotopic (exact) mass is 488 g/mol. The lowest BCUT2D eigenvalue weighted by molar-refractivity contribution is 0.255. The number of hydrogen-bond acceptors (Lipinski definition) is 5. The van der Waals surface area contributed by atoms with E-state index in [0.717, 1.165) is 76.5 Å². The lowest BCUT2D eigenvalue weighted by atomic mass is 10.1. The maximum Gasteiger partial charge on any atom is 0.0900 e. The molecule has 3 aliphatic rings. The summed E-state index contributed by atoms with van der Waals surface area (Å²) in [5.41, 5.74) is 9.25. The lowest BCUT2D eigenvalue weighted by Crippen LogP contribution is -2.33. The average Bonchev–Trinajstić information content (AvgIpc) is 2.91. The Labute approximate surface area is 217 Å². The van der Waals surface area contributed by atoms with Gasteiger partial charge in [-0.25, -0.2) is 4.98 Å². The van der Waals surface area contributed by atoms with Crippen molar-refractivity contribution in [3.8, 4) is 17.1 Å². The van der Waals surface area contributed by atoms with Gasteiger partial charge in [-0.3, -0.25) is 9.98 Å². The Hall–Kier alpha value is -4.03. The highest BCUT2D eigenvalue weighted by Gasteiger charge is 2.19. The second-order valence-corrected chi connectivity index (χ2v) is 10.1. The molecular weight excluding hydrogens is 456 g/mol. The minimum absolute atomic E-state index is 0.297. The Balaban J connectivity index is 1.61. The molecule has 0 unspecified atom stereocenters. The van der Waals surface area contributed by atoms with E-state index in [-0.39, 0.29) is 0 Å². The number of pyridine rings is 1. The number of hydrogen-bond donors (Lipinski definition) is 1. The Morgan fingerprint density at radius 2 is 1.68 bits per heavy atom. The van der Waals surface area contributed by atoms with Gasteiger partial charge in [0.05, 0.1) is 50.9 Å². The van der Waals surface area contributed by atoms with E-state index >= 15 is 0 Å². The first-order valence-corrected chi connectivity index (χ1v) is 13.0. The van der Waals surface area contributed by atoms with E-state index in [0.29, 0.717) is 6.04 Å². The van der Waals surface area contributed by atoms with Crippen molar-refractivity contribution in [2.24, 2.45) is 4.99 Å². The number of nitrogens with one attached hydrogen (secondary N) is 1. The van der Waals surface area contributed by atoms with Crippen molar-refractivity contribution in [1.82, 2.24) is 19.4 Å². The van der Waals surface area contributed by atoms with Crippen molar-refractivity contribution in [3.63, 3.8) is 0 Å². The summed E-state index contributed by atoms with van der Waals surface area (Å²) < 4.78 is 2.31. The molecule has 0 radical (unpaired) electrons. The van der Waals surface area contributed by atoms with Crippen LogP contribution < -0.4 is 10.7 Å². The molecule has 186 valence electrons. The molecule has 2 aliphatic heterocycles. The van der Waals surface area contributed by atoms with E-state index in [1.165, 1.54) is 5.56 Å². The lowest BCUT2D eigenvalue weighted by Gasteiger charge is -2.27. The van der Waals surface area contributed by atoms with Gasteiger partial charge in [-0.2, -0.15) is 0 Å². The zero-order valence-corrected chi connectivity index (χ0v) is 21.6. The van der Waals surface area contributed by atoms with Crippen LogP contribution >= 0.6 is 0 Å². The SMILES string of the molecule is Cc1ccc(-n2c3c/c(=N/C4CCN(C)CC4)c(Nc4cccnc4C)cc-3nc3ccccc32)cc1. The molecule has 0 atom stereocenters. The maximum atomic E-state index is 5.31. The molecule has 1 fully saturated rings. The van der Waals surface area contributed by atoms with Crippen LogP contribution in [0.1, 0.15) is 24.1 Å². The number of aryl methyl sites for hydroxylation is 2. The summed E-state index contributed by atoms with van der Waals surface area (Å²) in [7, 11) is 2.19. The smallest absolute Gasteiger partial charge is 0.0900 e. The molecule has 0 amide bonds. The predicted octanol–water partition coefficient (Wildman–Crippen LogP) is 5.88. The van der Waals surface area contributed by atoms with Crippen LogP contribution in [-0.2, 0) is 0 Å². The number of rotatable bonds is 4. The van der Waals surface area contributed by atoms with Gasteiger partial charge in [0.2, 0.25) is 0 Å². The van der Waals surface area contributed by atoms with Crippen LogP contribution in [0.3, 0.4) is 0 Å². The normalized spacial score (nSPS) is 15.5. The van der Waals surface area contributed by atoms with Gasteiger partial charge >= 0.3 is 0 Å². The summed E-state index contributed by atoms with van der Waals surface area (Å²) in [6.07, 6.45) is 3.95. The highest BCUT2D eigenvalue weighted by molar-refractivity contribution is 5.84. The molecule has 0 bridgehead atoms. The van der Waals surface area contributed by atoms with Crippen LogP contribution in [0.25, 0.3) is 28.1 Å². The van der Waals surface area contributed by atoms with Crippen molar-refractivity contribution in [2.45, 2.75) is 32.7 Å². The third-order valence-corrected chi connectivity index (χ3v) is 7.28. The molecule has 1 N–H and O–H groups in total. The van der Waals surface area contributed by atoms with Gasteiger partial charge in [0.25, 0.3) is 0 Å². The minimum Gasteiger partial charge on any atom is -0.352 e. The van der Waals surface area contributed by atoms with Crippen LogP contribution in [0.4, 0.5) is 11.4 Å². The largest absolute Gasteiger partial charge is 0.352 e. The number of fused-ring (bicyclic) bond motifs is 2. The molecule has 2 aromatic carbocycles. The van der Waals surface area contributed by atoms with Crippen molar-refractivity contribution in [1.29, 1.82) is 0 Å². The predicted molar refractivity (Wildman–Crippen MR) is 151 cm³/mol. The number of anilines is 2. The average molecular weight is 489 g/mol. The summed E-state index contributed by atoms with van der Waals surface area (Å²) in [6, 6.07) is 25.7. The molecule has 3 aromatic rings. The molecular formula is C31H32N6. The van der Waals surface area contributed by atoms with E-state index in [9.17, 15) is 0 Å². The second-order valence-electron chi connectivity index (χ2n) is 10.1. The quantitative estimate of drug-likeness (QED) is 0.321. The standard InChI is InChI=1S/C31H32N6/c1-21-10-12-24(13-11-21)37-30-9-5-4-7-26(30)35-29-19-27(34-25-8-6-16-32-22(25)2)28(20-31(29)37)33-23-14-17-36(3)18-15-23/h4-13,16,19-20,23,34H,14-15,17-18H2,1-3H3/b33-28-. The number of piperidine rings is 1. The van der Waals surface area contributed by atoms with Crippen LogP contribution in [0, 0.1) is 13.8 Å². The minimum atomic E-state index is 0.297. The van der Waals surface area contributed by atoms with E-state index in [4.69, 9.17) is 9.98 Å². The van der Waals surface area contributed by atoms with Crippen LogP contribution in [0.15, 0.2) is 84.0 Å². The fourth-order valence-electron chi connectivity index (χ4n) is 5.10. The molecule has 1 aliphatic carbocycles. The Kier molecular flexibility index (Phi) is 6.18. The van der Waals surface area contributed by atoms with Crippen LogP contribution in [0.2, 0.25) is 0 Å². The Bertz CT molecular complexity index is 1590. The number of para-hydroxylation sites is 2. The molecule has 0 spiro atoms.